The molecule has 0 radical (unpaired) electrons. The van der Waals surface area contributed by atoms with Crippen molar-refractivity contribution in [3.8, 4) is 0 Å². The van der Waals surface area contributed by atoms with E-state index in [1.54, 1.807) is 30.7 Å². The molecule has 3 aromatic heterocycles. The molecule has 2 atom stereocenters. The lowest BCUT2D eigenvalue weighted by molar-refractivity contribution is 0.132. The Morgan fingerprint density at radius 1 is 0.833 bits per heavy atom. The van der Waals surface area contributed by atoms with Gasteiger partial charge < -0.3 is 10.4 Å². The predicted molar refractivity (Wildman–Crippen MR) is 95.2 cm³/mol. The first-order chi connectivity index (χ1) is 11.8. The molecule has 3 aromatic rings. The highest BCUT2D eigenvalue weighted by Gasteiger charge is 2.26. The fourth-order valence-electron chi connectivity index (χ4n) is 2.31. The maximum absolute atomic E-state index is 10.8. The number of aliphatic hydroxyl groups is 1. The summed E-state index contributed by atoms with van der Waals surface area (Å²) in [6.07, 6.45) is 4.10. The molecule has 24 heavy (non-hydrogen) atoms. The Balaban J connectivity index is 1.90. The average Bonchev–Trinajstić information content (AvgIpc) is 2.67. The number of hydrogen-bond acceptors (Lipinski definition) is 5. The van der Waals surface area contributed by atoms with E-state index in [9.17, 15) is 5.11 Å². The standard InChI is InChI=1S/C18H16N4OS/c23-17(14-8-2-5-11-20-14)16(13-7-1-4-10-19-13)22-18(24)15-9-3-6-12-21-15/h1-12,16-17,23H,(H,22,24). The fourth-order valence-corrected chi connectivity index (χ4v) is 2.56. The van der Waals surface area contributed by atoms with E-state index >= 15 is 0 Å². The predicted octanol–water partition coefficient (Wildman–Crippen LogP) is 2.61. The number of pyridine rings is 3. The second kappa shape index (κ2) is 7.72. The highest BCUT2D eigenvalue weighted by Crippen LogP contribution is 2.26. The van der Waals surface area contributed by atoms with Gasteiger partial charge in [-0.15, -0.1) is 0 Å². The van der Waals surface area contributed by atoms with Gasteiger partial charge in [0.2, 0.25) is 0 Å². The van der Waals surface area contributed by atoms with E-state index in [-0.39, 0.29) is 0 Å². The zero-order chi connectivity index (χ0) is 16.8. The van der Waals surface area contributed by atoms with Gasteiger partial charge in [0.25, 0.3) is 0 Å². The molecule has 3 rings (SSSR count). The molecule has 0 aliphatic heterocycles. The second-order valence-corrected chi connectivity index (χ2v) is 5.53. The quantitative estimate of drug-likeness (QED) is 0.698. The number of thiocarbonyl (C=S) groups is 1. The molecule has 3 heterocycles. The van der Waals surface area contributed by atoms with E-state index in [0.29, 0.717) is 22.1 Å². The number of nitrogens with zero attached hydrogens (tertiary/aromatic N) is 3. The van der Waals surface area contributed by atoms with Crippen LogP contribution in [0.5, 0.6) is 0 Å². The lowest BCUT2D eigenvalue weighted by atomic mass is 10.0. The first-order valence-corrected chi connectivity index (χ1v) is 7.88. The molecule has 0 spiro atoms. The van der Waals surface area contributed by atoms with Crippen LogP contribution < -0.4 is 5.32 Å². The second-order valence-electron chi connectivity index (χ2n) is 5.12. The Morgan fingerprint density at radius 3 is 1.96 bits per heavy atom. The summed E-state index contributed by atoms with van der Waals surface area (Å²) in [5, 5.41) is 13.9. The summed E-state index contributed by atoms with van der Waals surface area (Å²) in [5.41, 5.74) is 1.86. The van der Waals surface area contributed by atoms with Crippen LogP contribution in [0.15, 0.2) is 73.2 Å². The molecular weight excluding hydrogens is 320 g/mol. The number of aliphatic hydroxyl groups excluding tert-OH is 1. The SMILES string of the molecule is OC(c1ccccn1)C(NC(=S)c1ccccn1)c1ccccn1. The van der Waals surface area contributed by atoms with Crippen molar-refractivity contribution in [3.63, 3.8) is 0 Å². The van der Waals surface area contributed by atoms with Crippen molar-refractivity contribution in [2.24, 2.45) is 0 Å². The Morgan fingerprint density at radius 2 is 1.42 bits per heavy atom. The number of nitrogens with one attached hydrogen (secondary N) is 1. The minimum atomic E-state index is -0.900. The third-order valence-electron chi connectivity index (χ3n) is 3.50. The van der Waals surface area contributed by atoms with Crippen molar-refractivity contribution in [2.45, 2.75) is 12.1 Å². The van der Waals surface area contributed by atoms with E-state index in [1.165, 1.54) is 0 Å². The number of rotatable bonds is 5. The minimum Gasteiger partial charge on any atom is -0.384 e. The van der Waals surface area contributed by atoms with Gasteiger partial charge in [0.15, 0.2) is 0 Å². The van der Waals surface area contributed by atoms with Crippen molar-refractivity contribution in [1.29, 1.82) is 0 Å². The monoisotopic (exact) mass is 336 g/mol. The number of aromatic nitrogens is 3. The maximum atomic E-state index is 10.8. The van der Waals surface area contributed by atoms with Crippen molar-refractivity contribution in [3.05, 3.63) is 90.3 Å². The van der Waals surface area contributed by atoms with Gasteiger partial charge in [-0.2, -0.15) is 0 Å². The molecule has 2 unspecified atom stereocenters. The van der Waals surface area contributed by atoms with Gasteiger partial charge in [0.1, 0.15) is 17.1 Å². The molecule has 0 aliphatic carbocycles. The topological polar surface area (TPSA) is 70.9 Å². The van der Waals surface area contributed by atoms with Crippen LogP contribution in [0.4, 0.5) is 0 Å². The highest BCUT2D eigenvalue weighted by molar-refractivity contribution is 7.80. The zero-order valence-corrected chi connectivity index (χ0v) is 13.6. The molecule has 6 heteroatoms. The largest absolute Gasteiger partial charge is 0.384 e. The van der Waals surface area contributed by atoms with Crippen LogP contribution in [0.1, 0.15) is 29.2 Å². The maximum Gasteiger partial charge on any atom is 0.125 e. The summed E-state index contributed by atoms with van der Waals surface area (Å²) in [7, 11) is 0. The van der Waals surface area contributed by atoms with E-state index < -0.39 is 12.1 Å². The minimum absolute atomic E-state index is 0.446. The molecule has 0 aromatic carbocycles. The third-order valence-corrected chi connectivity index (χ3v) is 3.82. The fraction of sp³-hybridized carbons (Fsp3) is 0.111. The smallest absolute Gasteiger partial charge is 0.125 e. The van der Waals surface area contributed by atoms with Gasteiger partial charge in [0.05, 0.1) is 17.1 Å². The number of hydrogen-bond donors (Lipinski definition) is 2. The van der Waals surface area contributed by atoms with Gasteiger partial charge in [0, 0.05) is 18.6 Å². The van der Waals surface area contributed by atoms with Crippen molar-refractivity contribution < 1.29 is 5.11 Å². The van der Waals surface area contributed by atoms with E-state index in [4.69, 9.17) is 12.2 Å². The first kappa shape index (κ1) is 16.2. The molecule has 0 saturated carbocycles. The highest BCUT2D eigenvalue weighted by atomic mass is 32.1. The molecule has 2 N–H and O–H groups in total. The summed E-state index contributed by atoms with van der Waals surface area (Å²) in [6, 6.07) is 15.9. The van der Waals surface area contributed by atoms with Crippen molar-refractivity contribution in [1.82, 2.24) is 20.3 Å². The average molecular weight is 336 g/mol. The van der Waals surface area contributed by atoms with Crippen molar-refractivity contribution in [2.75, 3.05) is 0 Å². The Hall–Kier alpha value is -2.70. The summed E-state index contributed by atoms with van der Waals surface area (Å²) in [4.78, 5) is 13.3. The molecule has 0 bridgehead atoms. The van der Waals surface area contributed by atoms with Crippen LogP contribution in [0, 0.1) is 0 Å². The third kappa shape index (κ3) is 3.79. The Kier molecular flexibility index (Phi) is 5.20. The summed E-state index contributed by atoms with van der Waals surface area (Å²) >= 11 is 5.43. The Bertz CT molecular complexity index is 784. The van der Waals surface area contributed by atoms with Gasteiger partial charge >= 0.3 is 0 Å². The molecule has 0 amide bonds. The van der Waals surface area contributed by atoms with Crippen LogP contribution in [0.3, 0.4) is 0 Å². The molecule has 5 nitrogen and oxygen atoms in total. The van der Waals surface area contributed by atoms with Crippen molar-refractivity contribution >= 4 is 17.2 Å². The normalized spacial score (nSPS) is 13.0. The molecular formula is C18H16N4OS. The van der Waals surface area contributed by atoms with E-state index in [1.807, 2.05) is 42.5 Å². The lowest BCUT2D eigenvalue weighted by Gasteiger charge is -2.24. The molecule has 0 fully saturated rings. The summed E-state index contributed by atoms with van der Waals surface area (Å²) < 4.78 is 0. The van der Waals surface area contributed by atoms with Gasteiger partial charge in [-0.25, -0.2) is 0 Å². The molecule has 0 aliphatic rings. The zero-order valence-electron chi connectivity index (χ0n) is 12.8. The van der Waals surface area contributed by atoms with Crippen LogP contribution >= 0.6 is 12.2 Å². The van der Waals surface area contributed by atoms with Crippen LogP contribution in [-0.4, -0.2) is 25.0 Å². The first-order valence-electron chi connectivity index (χ1n) is 7.47. The van der Waals surface area contributed by atoms with Gasteiger partial charge in [-0.3, -0.25) is 15.0 Å². The summed E-state index contributed by atoms with van der Waals surface area (Å²) in [6.45, 7) is 0. The van der Waals surface area contributed by atoms with E-state index in [0.717, 1.165) is 0 Å². The van der Waals surface area contributed by atoms with Gasteiger partial charge in [-0.05, 0) is 36.4 Å². The molecule has 0 saturated heterocycles. The van der Waals surface area contributed by atoms with Crippen LogP contribution in [0.2, 0.25) is 0 Å². The lowest BCUT2D eigenvalue weighted by Crippen LogP contribution is -2.33. The molecule has 120 valence electrons. The summed E-state index contributed by atoms with van der Waals surface area (Å²) in [5.74, 6) is 0. The van der Waals surface area contributed by atoms with Crippen LogP contribution in [0.25, 0.3) is 0 Å². The van der Waals surface area contributed by atoms with E-state index in [2.05, 4.69) is 20.3 Å². The van der Waals surface area contributed by atoms with Crippen LogP contribution in [-0.2, 0) is 0 Å². The Labute approximate surface area is 145 Å². The van der Waals surface area contributed by atoms with Gasteiger partial charge in [-0.1, -0.05) is 30.4 Å².